The maximum Gasteiger partial charge on any atom is 0.337 e. The first-order chi connectivity index (χ1) is 13.5. The summed E-state index contributed by atoms with van der Waals surface area (Å²) in [7, 11) is 0. The molecule has 0 radical (unpaired) electrons. The number of nitrogens with zero attached hydrogens (tertiary/aromatic N) is 1. The van der Waals surface area contributed by atoms with Gasteiger partial charge in [0, 0.05) is 5.56 Å². The molecule has 5 nitrogen and oxygen atoms in total. The van der Waals surface area contributed by atoms with Crippen molar-refractivity contribution < 1.29 is 14.6 Å². The van der Waals surface area contributed by atoms with E-state index in [1.165, 1.54) is 6.07 Å². The topological polar surface area (TPSA) is 70.9 Å². The molecule has 0 aromatic heterocycles. The number of carboxylic acids is 1. The molecule has 3 aromatic rings. The van der Waals surface area contributed by atoms with E-state index in [1.807, 2.05) is 30.3 Å². The van der Waals surface area contributed by atoms with Gasteiger partial charge in [0.25, 0.3) is 0 Å². The van der Waals surface area contributed by atoms with E-state index in [9.17, 15) is 9.90 Å². The smallest absolute Gasteiger partial charge is 0.337 e. The van der Waals surface area contributed by atoms with E-state index in [-0.39, 0.29) is 5.56 Å². The molecule has 2 N–H and O–H groups in total. The fraction of sp³-hybridized carbons (Fsp3) is 0.0476. The second-order valence-electron chi connectivity index (χ2n) is 5.80. The van der Waals surface area contributed by atoms with Gasteiger partial charge in [-0.3, -0.25) is 5.43 Å². The Morgan fingerprint density at radius 2 is 1.79 bits per heavy atom. The molecule has 7 heteroatoms. The van der Waals surface area contributed by atoms with Crippen LogP contribution in [0.4, 0.5) is 5.69 Å². The van der Waals surface area contributed by atoms with Crippen molar-refractivity contribution in [3.8, 4) is 5.75 Å². The summed E-state index contributed by atoms with van der Waals surface area (Å²) in [5.41, 5.74) is 4.93. The molecule has 0 amide bonds. The summed E-state index contributed by atoms with van der Waals surface area (Å²) < 4.78 is 5.87. The Morgan fingerprint density at radius 1 is 1.04 bits per heavy atom. The van der Waals surface area contributed by atoms with Crippen molar-refractivity contribution >= 4 is 41.1 Å². The molecule has 0 unspecified atom stereocenters. The minimum atomic E-state index is -1.02. The maximum atomic E-state index is 11.2. The first kappa shape index (κ1) is 19.7. The van der Waals surface area contributed by atoms with Crippen LogP contribution in [0.15, 0.2) is 71.8 Å². The molecule has 0 heterocycles. The summed E-state index contributed by atoms with van der Waals surface area (Å²) in [5, 5.41) is 14.3. The van der Waals surface area contributed by atoms with Gasteiger partial charge < -0.3 is 9.84 Å². The highest BCUT2D eigenvalue weighted by Gasteiger charge is 2.08. The Labute approximate surface area is 172 Å². The Kier molecular flexibility index (Phi) is 6.53. The second-order valence-corrected chi connectivity index (χ2v) is 6.61. The number of aromatic carboxylic acids is 1. The summed E-state index contributed by atoms with van der Waals surface area (Å²) in [4.78, 5) is 11.2. The van der Waals surface area contributed by atoms with E-state index >= 15 is 0 Å². The molecule has 0 fully saturated rings. The average molecular weight is 415 g/mol. The zero-order valence-corrected chi connectivity index (χ0v) is 16.1. The number of nitrogens with one attached hydrogen (secondary N) is 1. The largest absolute Gasteiger partial charge is 0.488 e. The van der Waals surface area contributed by atoms with Gasteiger partial charge >= 0.3 is 5.97 Å². The fourth-order valence-corrected chi connectivity index (χ4v) is 2.77. The van der Waals surface area contributed by atoms with Crippen molar-refractivity contribution in [2.24, 2.45) is 5.10 Å². The van der Waals surface area contributed by atoms with Crippen LogP contribution >= 0.6 is 23.2 Å². The highest BCUT2D eigenvalue weighted by molar-refractivity contribution is 6.42. The lowest BCUT2D eigenvalue weighted by Crippen LogP contribution is -2.02. The Balaban J connectivity index is 1.71. The molecule has 0 bridgehead atoms. The molecule has 0 atom stereocenters. The first-order valence-electron chi connectivity index (χ1n) is 8.32. The predicted molar refractivity (Wildman–Crippen MR) is 112 cm³/mol. The zero-order chi connectivity index (χ0) is 19.9. The highest BCUT2D eigenvalue weighted by atomic mass is 35.5. The van der Waals surface area contributed by atoms with Crippen LogP contribution in [0.5, 0.6) is 5.75 Å². The number of carbonyl (C=O) groups is 1. The van der Waals surface area contributed by atoms with Crippen molar-refractivity contribution in [3.63, 3.8) is 0 Å². The van der Waals surface area contributed by atoms with E-state index in [0.717, 1.165) is 11.1 Å². The molecular formula is C21H16Cl2N2O3. The Bertz CT molecular complexity index is 1020. The molecular weight excluding hydrogens is 399 g/mol. The lowest BCUT2D eigenvalue weighted by atomic mass is 10.2. The van der Waals surface area contributed by atoms with E-state index in [2.05, 4.69) is 10.5 Å². The summed E-state index contributed by atoms with van der Waals surface area (Å²) in [5.74, 6) is -0.394. The second kappa shape index (κ2) is 9.26. The number of hydrogen-bond donors (Lipinski definition) is 2. The predicted octanol–water partition coefficient (Wildman–Crippen LogP) is 5.72. The van der Waals surface area contributed by atoms with Gasteiger partial charge in [-0.05, 0) is 42.0 Å². The van der Waals surface area contributed by atoms with Crippen LogP contribution in [0.2, 0.25) is 10.0 Å². The van der Waals surface area contributed by atoms with Gasteiger partial charge in [-0.2, -0.15) is 5.10 Å². The van der Waals surface area contributed by atoms with Crippen molar-refractivity contribution in [2.45, 2.75) is 6.61 Å². The first-order valence-corrected chi connectivity index (χ1v) is 9.07. The Hall–Kier alpha value is -3.02. The number of anilines is 1. The number of halogens is 2. The molecule has 142 valence electrons. The van der Waals surface area contributed by atoms with Gasteiger partial charge in [0.2, 0.25) is 0 Å². The molecule has 0 aliphatic rings. The number of hydrogen-bond acceptors (Lipinski definition) is 4. The minimum absolute atomic E-state index is 0.142. The van der Waals surface area contributed by atoms with Crippen LogP contribution in [-0.4, -0.2) is 17.3 Å². The van der Waals surface area contributed by atoms with Crippen LogP contribution in [0, 0.1) is 0 Å². The third-order valence-corrected chi connectivity index (χ3v) is 4.58. The third kappa shape index (κ3) is 5.03. The van der Waals surface area contributed by atoms with Crippen molar-refractivity contribution in [1.29, 1.82) is 0 Å². The van der Waals surface area contributed by atoms with Gasteiger partial charge in [0.1, 0.15) is 12.4 Å². The number of rotatable bonds is 7. The van der Waals surface area contributed by atoms with E-state index in [1.54, 1.807) is 36.5 Å². The summed E-state index contributed by atoms with van der Waals surface area (Å²) in [6.45, 7) is 0.316. The normalized spacial score (nSPS) is 10.8. The molecule has 0 aliphatic heterocycles. The quantitative estimate of drug-likeness (QED) is 0.383. The van der Waals surface area contributed by atoms with Crippen LogP contribution in [-0.2, 0) is 6.61 Å². The van der Waals surface area contributed by atoms with Gasteiger partial charge in [-0.25, -0.2) is 4.79 Å². The Morgan fingerprint density at radius 3 is 2.57 bits per heavy atom. The lowest BCUT2D eigenvalue weighted by Gasteiger charge is -2.10. The lowest BCUT2D eigenvalue weighted by molar-refractivity contribution is 0.0698. The fourth-order valence-electron chi connectivity index (χ4n) is 2.45. The van der Waals surface area contributed by atoms with Crippen LogP contribution < -0.4 is 10.2 Å². The zero-order valence-electron chi connectivity index (χ0n) is 14.6. The number of ether oxygens (including phenoxy) is 1. The van der Waals surface area contributed by atoms with Crippen molar-refractivity contribution in [1.82, 2.24) is 0 Å². The van der Waals surface area contributed by atoms with E-state index in [4.69, 9.17) is 27.9 Å². The van der Waals surface area contributed by atoms with Gasteiger partial charge in [-0.1, -0.05) is 53.5 Å². The molecule has 0 saturated heterocycles. The summed E-state index contributed by atoms with van der Waals surface area (Å²) in [6, 6.07) is 19.3. The van der Waals surface area contributed by atoms with Crippen LogP contribution in [0.25, 0.3) is 0 Å². The summed E-state index contributed by atoms with van der Waals surface area (Å²) >= 11 is 12.0. The summed E-state index contributed by atoms with van der Waals surface area (Å²) in [6.07, 6.45) is 1.57. The van der Waals surface area contributed by atoms with E-state index < -0.39 is 5.97 Å². The van der Waals surface area contributed by atoms with Gasteiger partial charge in [-0.15, -0.1) is 0 Å². The third-order valence-electron chi connectivity index (χ3n) is 3.84. The molecule has 0 spiro atoms. The van der Waals surface area contributed by atoms with E-state index in [0.29, 0.717) is 28.1 Å². The minimum Gasteiger partial charge on any atom is -0.488 e. The molecule has 28 heavy (non-hydrogen) atoms. The monoisotopic (exact) mass is 414 g/mol. The van der Waals surface area contributed by atoms with Crippen LogP contribution in [0.1, 0.15) is 21.5 Å². The standard InChI is InChI=1S/C21H16Cl2N2O3/c22-17-10-9-14(11-18(17)23)13-28-20-8-4-1-5-15(20)12-24-25-19-7-3-2-6-16(19)21(26)27/h1-12,25H,13H2,(H,26,27). The van der Waals surface area contributed by atoms with Gasteiger partial charge in [0.05, 0.1) is 27.5 Å². The SMILES string of the molecule is O=C(O)c1ccccc1NN=Cc1ccccc1OCc1ccc(Cl)c(Cl)c1. The number of para-hydroxylation sites is 2. The van der Waals surface area contributed by atoms with Crippen LogP contribution in [0.3, 0.4) is 0 Å². The molecule has 3 aromatic carbocycles. The van der Waals surface area contributed by atoms with Crippen molar-refractivity contribution in [2.75, 3.05) is 5.43 Å². The molecule has 3 rings (SSSR count). The molecule has 0 saturated carbocycles. The molecule has 0 aliphatic carbocycles. The maximum absolute atomic E-state index is 11.2. The number of carboxylic acid groups (broad SMARTS) is 1. The van der Waals surface area contributed by atoms with Gasteiger partial charge in [0.15, 0.2) is 0 Å². The number of benzene rings is 3. The average Bonchev–Trinajstić information content (AvgIpc) is 2.70. The number of hydrazone groups is 1. The highest BCUT2D eigenvalue weighted by Crippen LogP contribution is 2.24. The van der Waals surface area contributed by atoms with Crippen molar-refractivity contribution in [3.05, 3.63) is 93.5 Å².